The molecule has 2 aromatic carbocycles. The highest BCUT2D eigenvalue weighted by Gasteiger charge is 2.25. The minimum Gasteiger partial charge on any atom is -0.460 e. The molecule has 2 aromatic heterocycles. The predicted molar refractivity (Wildman–Crippen MR) is 211 cm³/mol. The normalized spacial score (nSPS) is 16.0. The molecule has 6 N–H and O–H groups in total. The second-order valence-corrected chi connectivity index (χ2v) is 14.5. The van der Waals surface area contributed by atoms with Gasteiger partial charge in [0.1, 0.15) is 24.2 Å². The molecule has 6 rings (SSSR count). The van der Waals surface area contributed by atoms with Gasteiger partial charge in [0.05, 0.1) is 18.3 Å². The van der Waals surface area contributed by atoms with Gasteiger partial charge in [-0.25, -0.2) is 4.98 Å². The van der Waals surface area contributed by atoms with Gasteiger partial charge in [0.2, 0.25) is 11.9 Å². The predicted octanol–water partition coefficient (Wildman–Crippen LogP) is 4.38. The molecule has 1 saturated carbocycles. The van der Waals surface area contributed by atoms with E-state index in [0.717, 1.165) is 85.9 Å². The van der Waals surface area contributed by atoms with Gasteiger partial charge in [0.25, 0.3) is 0 Å². The minimum atomic E-state index is -0.835. The van der Waals surface area contributed by atoms with E-state index in [1.807, 2.05) is 70.4 Å². The lowest BCUT2D eigenvalue weighted by Crippen LogP contribution is -2.43. The first-order valence-electron chi connectivity index (χ1n) is 19.8. The van der Waals surface area contributed by atoms with Crippen molar-refractivity contribution in [1.82, 2.24) is 40.5 Å². The van der Waals surface area contributed by atoms with Crippen molar-refractivity contribution < 1.29 is 14.3 Å². The number of esters is 1. The summed E-state index contributed by atoms with van der Waals surface area (Å²) in [4.78, 5) is 36.8. The lowest BCUT2D eigenvalue weighted by Gasteiger charge is -2.33. The summed E-state index contributed by atoms with van der Waals surface area (Å²) in [5, 5.41) is 23.8. The summed E-state index contributed by atoms with van der Waals surface area (Å²) in [7, 11) is 0. The zero-order valence-corrected chi connectivity index (χ0v) is 31.4. The quantitative estimate of drug-likeness (QED) is 0.0640. The van der Waals surface area contributed by atoms with Crippen LogP contribution in [0, 0.1) is 0 Å². The highest BCUT2D eigenvalue weighted by Crippen LogP contribution is 2.25. The second kappa shape index (κ2) is 20.7. The van der Waals surface area contributed by atoms with E-state index in [2.05, 4.69) is 31.6 Å². The molecular formula is C40H57N11O3. The van der Waals surface area contributed by atoms with Crippen molar-refractivity contribution in [2.24, 2.45) is 5.73 Å². The van der Waals surface area contributed by atoms with Crippen LogP contribution >= 0.6 is 0 Å². The molecule has 1 saturated heterocycles. The SMILES string of the molecule is N[C@H](CCC(=O)N1CCC(Nc2nc(NCc3cn(CCCNCCCNC4CCCCC4)nn3)nc3ccccc23)CC1)C(=O)OCc1ccccc1. The average Bonchev–Trinajstić information content (AvgIpc) is 3.67. The topological polar surface area (TPSA) is 177 Å². The number of rotatable bonds is 20. The fourth-order valence-electron chi connectivity index (χ4n) is 7.14. The van der Waals surface area contributed by atoms with E-state index in [1.165, 1.54) is 32.1 Å². The maximum atomic E-state index is 13.0. The molecule has 1 atom stereocenters. The molecule has 0 bridgehead atoms. The van der Waals surface area contributed by atoms with Crippen molar-refractivity contribution in [2.45, 2.75) is 108 Å². The summed E-state index contributed by atoms with van der Waals surface area (Å²) in [6.07, 6.45) is 12.9. The Kier molecular flexibility index (Phi) is 15.0. The molecule has 3 heterocycles. The molecule has 0 spiro atoms. The van der Waals surface area contributed by atoms with Crippen LogP contribution in [0.5, 0.6) is 0 Å². The summed E-state index contributed by atoms with van der Waals surface area (Å²) in [6, 6.07) is 17.4. The summed E-state index contributed by atoms with van der Waals surface area (Å²) in [5.41, 5.74) is 8.61. The Bertz CT molecular complexity index is 1740. The molecule has 54 heavy (non-hydrogen) atoms. The van der Waals surface area contributed by atoms with Crippen molar-refractivity contribution in [1.29, 1.82) is 0 Å². The number of aromatic nitrogens is 5. The third-order valence-corrected chi connectivity index (χ3v) is 10.3. The first-order chi connectivity index (χ1) is 26.5. The number of nitrogens with two attached hydrogens (primary N) is 1. The smallest absolute Gasteiger partial charge is 0.323 e. The Morgan fingerprint density at radius 2 is 1.67 bits per heavy atom. The molecule has 0 unspecified atom stereocenters. The van der Waals surface area contributed by atoms with Crippen LogP contribution in [0.2, 0.25) is 0 Å². The molecule has 2 aliphatic rings. The van der Waals surface area contributed by atoms with Crippen molar-refractivity contribution in [3.05, 3.63) is 72.1 Å². The molecule has 0 radical (unpaired) electrons. The minimum absolute atomic E-state index is 0.000311. The van der Waals surface area contributed by atoms with E-state index in [0.29, 0.717) is 25.6 Å². The molecule has 2 fully saturated rings. The maximum absolute atomic E-state index is 13.0. The number of aryl methyl sites for hydroxylation is 1. The zero-order chi connectivity index (χ0) is 37.4. The maximum Gasteiger partial charge on any atom is 0.323 e. The van der Waals surface area contributed by atoms with Crippen LogP contribution in [-0.2, 0) is 34.0 Å². The average molecular weight is 740 g/mol. The molecule has 1 amide bonds. The van der Waals surface area contributed by atoms with Crippen molar-refractivity contribution in [3.63, 3.8) is 0 Å². The Morgan fingerprint density at radius 3 is 2.50 bits per heavy atom. The third-order valence-electron chi connectivity index (χ3n) is 10.3. The number of nitrogens with one attached hydrogen (secondary N) is 4. The van der Waals surface area contributed by atoms with E-state index < -0.39 is 12.0 Å². The number of anilines is 2. The largest absolute Gasteiger partial charge is 0.460 e. The monoisotopic (exact) mass is 739 g/mol. The lowest BCUT2D eigenvalue weighted by molar-refractivity contribution is -0.146. The van der Waals surface area contributed by atoms with Gasteiger partial charge in [-0.1, -0.05) is 66.9 Å². The van der Waals surface area contributed by atoms with E-state index >= 15 is 0 Å². The Morgan fingerprint density at radius 1 is 0.889 bits per heavy atom. The second-order valence-electron chi connectivity index (χ2n) is 14.5. The third kappa shape index (κ3) is 12.2. The van der Waals surface area contributed by atoms with Gasteiger partial charge in [-0.2, -0.15) is 4.98 Å². The van der Waals surface area contributed by atoms with E-state index in [-0.39, 0.29) is 31.4 Å². The number of fused-ring (bicyclic) bond motifs is 1. The van der Waals surface area contributed by atoms with Crippen LogP contribution in [-0.4, -0.2) is 92.6 Å². The summed E-state index contributed by atoms with van der Waals surface area (Å²) in [6.45, 7) is 5.73. The number of hydrogen-bond donors (Lipinski definition) is 5. The van der Waals surface area contributed by atoms with Gasteiger partial charge >= 0.3 is 5.97 Å². The number of hydrogen-bond acceptors (Lipinski definition) is 12. The lowest BCUT2D eigenvalue weighted by atomic mass is 9.95. The van der Waals surface area contributed by atoms with E-state index in [1.54, 1.807) is 0 Å². The van der Waals surface area contributed by atoms with Crippen LogP contribution in [0.4, 0.5) is 11.8 Å². The van der Waals surface area contributed by atoms with Crippen molar-refractivity contribution >= 4 is 34.5 Å². The van der Waals surface area contributed by atoms with Crippen LogP contribution in [0.1, 0.15) is 81.9 Å². The van der Waals surface area contributed by atoms with Gasteiger partial charge < -0.3 is 36.6 Å². The number of benzene rings is 2. The Balaban J connectivity index is 0.896. The number of amides is 1. The molecular weight excluding hydrogens is 683 g/mol. The van der Waals surface area contributed by atoms with Gasteiger partial charge in [-0.3, -0.25) is 14.3 Å². The van der Waals surface area contributed by atoms with Gasteiger partial charge in [0.15, 0.2) is 0 Å². The van der Waals surface area contributed by atoms with Crippen molar-refractivity contribution in [3.8, 4) is 0 Å². The number of para-hydroxylation sites is 1. The molecule has 14 heteroatoms. The highest BCUT2D eigenvalue weighted by atomic mass is 16.5. The number of piperidine rings is 1. The van der Waals surface area contributed by atoms with Gasteiger partial charge in [0, 0.05) is 43.5 Å². The summed E-state index contributed by atoms with van der Waals surface area (Å²) in [5.74, 6) is 0.780. The first-order valence-corrected chi connectivity index (χ1v) is 19.8. The van der Waals surface area contributed by atoms with Crippen LogP contribution in [0.3, 0.4) is 0 Å². The molecule has 4 aromatic rings. The van der Waals surface area contributed by atoms with Crippen LogP contribution in [0.15, 0.2) is 60.8 Å². The zero-order valence-electron chi connectivity index (χ0n) is 31.4. The molecule has 1 aliphatic heterocycles. The summed E-state index contributed by atoms with van der Waals surface area (Å²) >= 11 is 0. The molecule has 1 aliphatic carbocycles. The molecule has 14 nitrogen and oxygen atoms in total. The van der Waals surface area contributed by atoms with Gasteiger partial charge in [-0.05, 0) is 82.3 Å². The first kappa shape index (κ1) is 39.0. The highest BCUT2D eigenvalue weighted by molar-refractivity contribution is 5.90. The number of ether oxygens (including phenoxy) is 1. The van der Waals surface area contributed by atoms with Crippen LogP contribution in [0.25, 0.3) is 10.9 Å². The standard InChI is InChI=1S/C40H57N11O3/c41-35(39(53)54-29-30-11-3-1-4-12-30)17-18-37(52)50-25-19-32(20-26-50)45-38-34-15-7-8-16-36(34)46-40(47-38)44-27-33-28-51(49-48-33)24-10-22-42-21-9-23-43-31-13-5-2-6-14-31/h1,3-4,7-8,11-12,15-16,28,31-32,35,42-43H,2,5-6,9-10,13-14,17-27,29,41H2,(H2,44,45,46,47)/t35-/m1/s1. The Hall–Kier alpha value is -4.66. The molecule has 290 valence electrons. The van der Waals surface area contributed by atoms with Crippen LogP contribution < -0.4 is 27.0 Å². The van der Waals surface area contributed by atoms with E-state index in [9.17, 15) is 9.59 Å². The Labute approximate surface area is 318 Å². The summed E-state index contributed by atoms with van der Waals surface area (Å²) < 4.78 is 7.23. The van der Waals surface area contributed by atoms with E-state index in [4.69, 9.17) is 20.4 Å². The number of carbonyl (C=O) groups is 2. The fourth-order valence-corrected chi connectivity index (χ4v) is 7.14. The van der Waals surface area contributed by atoms with Gasteiger partial charge in [-0.15, -0.1) is 5.10 Å². The fraction of sp³-hybridized carbons (Fsp3) is 0.550. The number of nitrogens with zero attached hydrogens (tertiary/aromatic N) is 6. The number of likely N-dealkylation sites (tertiary alicyclic amines) is 1. The number of carbonyl (C=O) groups excluding carboxylic acids is 2. The van der Waals surface area contributed by atoms with Crippen molar-refractivity contribution in [2.75, 3.05) is 43.4 Å².